The van der Waals surface area contributed by atoms with Gasteiger partial charge in [0, 0.05) is 12.0 Å². The number of hydrogen-bond donors (Lipinski definition) is 1. The van der Waals surface area contributed by atoms with Crippen LogP contribution in [-0.2, 0) is 12.8 Å². The monoisotopic (exact) mass is 279 g/mol. The van der Waals surface area contributed by atoms with Crippen molar-refractivity contribution in [3.8, 4) is 0 Å². The van der Waals surface area contributed by atoms with E-state index in [9.17, 15) is 0 Å². The molecule has 3 rings (SSSR count). The summed E-state index contributed by atoms with van der Waals surface area (Å²) in [5, 5.41) is 3.78. The lowest BCUT2D eigenvalue weighted by Crippen LogP contribution is -2.41. The van der Waals surface area contributed by atoms with Crippen LogP contribution in [0.4, 0.5) is 0 Å². The summed E-state index contributed by atoms with van der Waals surface area (Å²) in [5.74, 6) is 0.675. The zero-order valence-corrected chi connectivity index (χ0v) is 13.1. The molecule has 1 aliphatic carbocycles. The van der Waals surface area contributed by atoms with Crippen molar-refractivity contribution in [1.29, 1.82) is 0 Å². The zero-order valence-electron chi connectivity index (χ0n) is 13.1. The number of fused-ring (bicyclic) bond motifs is 1. The van der Waals surface area contributed by atoms with Crippen LogP contribution in [0.15, 0.2) is 48.5 Å². The Hall–Kier alpha value is -1.60. The van der Waals surface area contributed by atoms with Gasteiger partial charge in [0.05, 0.1) is 0 Å². The van der Waals surface area contributed by atoms with E-state index in [0.29, 0.717) is 12.0 Å². The Morgan fingerprint density at radius 1 is 1.10 bits per heavy atom. The van der Waals surface area contributed by atoms with Crippen molar-refractivity contribution in [2.45, 2.75) is 45.1 Å². The Kier molecular flexibility index (Phi) is 4.40. The maximum Gasteiger partial charge on any atom is 0.0179 e. The van der Waals surface area contributed by atoms with Gasteiger partial charge in [0.2, 0.25) is 0 Å². The molecule has 0 heterocycles. The quantitative estimate of drug-likeness (QED) is 0.833. The number of nitrogens with one attached hydrogen (secondary N) is 1. The molecule has 0 radical (unpaired) electrons. The molecule has 1 N–H and O–H groups in total. The predicted molar refractivity (Wildman–Crippen MR) is 89.9 cm³/mol. The van der Waals surface area contributed by atoms with Crippen LogP contribution in [0.1, 0.15) is 41.5 Å². The van der Waals surface area contributed by atoms with E-state index in [1.165, 1.54) is 29.5 Å². The molecule has 2 unspecified atom stereocenters. The maximum atomic E-state index is 3.78. The van der Waals surface area contributed by atoms with Crippen molar-refractivity contribution < 1.29 is 0 Å². The number of benzene rings is 2. The van der Waals surface area contributed by atoms with Gasteiger partial charge >= 0.3 is 0 Å². The van der Waals surface area contributed by atoms with Crippen LogP contribution in [0.3, 0.4) is 0 Å². The van der Waals surface area contributed by atoms with Gasteiger partial charge < -0.3 is 5.32 Å². The average Bonchev–Trinajstić information content (AvgIpc) is 2.48. The van der Waals surface area contributed by atoms with Crippen molar-refractivity contribution in [3.63, 3.8) is 0 Å². The Labute approximate surface area is 128 Å². The molecule has 0 saturated heterocycles. The first kappa shape index (κ1) is 14.3. The third-order valence-electron chi connectivity index (χ3n) is 4.61. The Balaban J connectivity index is 1.74. The summed E-state index contributed by atoms with van der Waals surface area (Å²) >= 11 is 0. The van der Waals surface area contributed by atoms with E-state index in [1.54, 1.807) is 5.56 Å². The Bertz CT molecular complexity index is 585. The van der Waals surface area contributed by atoms with Crippen molar-refractivity contribution in [1.82, 2.24) is 5.32 Å². The third-order valence-corrected chi connectivity index (χ3v) is 4.61. The number of hydrogen-bond acceptors (Lipinski definition) is 1. The lowest BCUT2D eigenvalue weighted by molar-refractivity contribution is 0.397. The standard InChI is InChI=1S/C20H25N/c1-3-12-21-20(13-16-10-8-15(2)9-11-16)19-14-17-6-4-5-7-18(17)19/h4-11,19-21H,3,12-14H2,1-2H3. The molecule has 0 fully saturated rings. The lowest BCUT2D eigenvalue weighted by Gasteiger charge is -2.37. The van der Waals surface area contributed by atoms with Gasteiger partial charge in [-0.1, -0.05) is 61.0 Å². The molecule has 0 aliphatic heterocycles. The summed E-state index contributed by atoms with van der Waals surface area (Å²) in [4.78, 5) is 0. The fraction of sp³-hybridized carbons (Fsp3) is 0.400. The molecule has 2 aromatic carbocycles. The summed E-state index contributed by atoms with van der Waals surface area (Å²) in [6, 6.07) is 18.5. The summed E-state index contributed by atoms with van der Waals surface area (Å²) < 4.78 is 0. The molecule has 0 aromatic heterocycles. The highest BCUT2D eigenvalue weighted by Gasteiger charge is 2.32. The van der Waals surface area contributed by atoms with E-state index >= 15 is 0 Å². The highest BCUT2D eigenvalue weighted by atomic mass is 14.9. The molecule has 0 spiro atoms. The van der Waals surface area contributed by atoms with Gasteiger partial charge in [-0.2, -0.15) is 0 Å². The van der Waals surface area contributed by atoms with E-state index in [4.69, 9.17) is 0 Å². The fourth-order valence-electron chi connectivity index (χ4n) is 3.32. The number of rotatable bonds is 6. The van der Waals surface area contributed by atoms with Crippen molar-refractivity contribution in [3.05, 3.63) is 70.8 Å². The maximum absolute atomic E-state index is 3.78. The van der Waals surface area contributed by atoms with Gasteiger partial charge in [-0.05, 0) is 49.4 Å². The summed E-state index contributed by atoms with van der Waals surface area (Å²) in [7, 11) is 0. The summed E-state index contributed by atoms with van der Waals surface area (Å²) in [5.41, 5.74) is 5.87. The minimum atomic E-state index is 0.558. The van der Waals surface area contributed by atoms with E-state index in [2.05, 4.69) is 67.7 Å². The second-order valence-electron chi connectivity index (χ2n) is 6.26. The molecule has 1 nitrogen and oxygen atoms in total. The van der Waals surface area contributed by atoms with Crippen LogP contribution < -0.4 is 5.32 Å². The zero-order chi connectivity index (χ0) is 14.7. The minimum Gasteiger partial charge on any atom is -0.313 e. The van der Waals surface area contributed by atoms with Crippen molar-refractivity contribution in [2.24, 2.45) is 0 Å². The first-order chi connectivity index (χ1) is 10.3. The number of aryl methyl sites for hydroxylation is 1. The van der Waals surface area contributed by atoms with E-state index in [-0.39, 0.29) is 0 Å². The van der Waals surface area contributed by atoms with Crippen LogP contribution in [0.2, 0.25) is 0 Å². The molecule has 110 valence electrons. The lowest BCUT2D eigenvalue weighted by atomic mass is 9.72. The second-order valence-corrected chi connectivity index (χ2v) is 6.26. The molecule has 0 amide bonds. The SMILES string of the molecule is CCCNC(Cc1ccc(C)cc1)C1Cc2ccccc21. The summed E-state index contributed by atoms with van der Waals surface area (Å²) in [6.45, 7) is 5.50. The second kappa shape index (κ2) is 6.44. The largest absolute Gasteiger partial charge is 0.313 e. The van der Waals surface area contributed by atoms with Gasteiger partial charge in [-0.3, -0.25) is 0 Å². The fourth-order valence-corrected chi connectivity index (χ4v) is 3.32. The van der Waals surface area contributed by atoms with Crippen LogP contribution >= 0.6 is 0 Å². The molecular weight excluding hydrogens is 254 g/mol. The van der Waals surface area contributed by atoms with E-state index < -0.39 is 0 Å². The van der Waals surface area contributed by atoms with E-state index in [0.717, 1.165) is 13.0 Å². The Morgan fingerprint density at radius 3 is 2.57 bits per heavy atom. The molecule has 21 heavy (non-hydrogen) atoms. The summed E-state index contributed by atoms with van der Waals surface area (Å²) in [6.07, 6.45) is 3.54. The predicted octanol–water partition coefficient (Wildman–Crippen LogP) is 4.25. The smallest absolute Gasteiger partial charge is 0.0179 e. The third kappa shape index (κ3) is 3.19. The molecule has 1 heteroatoms. The van der Waals surface area contributed by atoms with Crippen LogP contribution in [0.25, 0.3) is 0 Å². The first-order valence-corrected chi connectivity index (χ1v) is 8.14. The van der Waals surface area contributed by atoms with Gasteiger partial charge in [-0.15, -0.1) is 0 Å². The van der Waals surface area contributed by atoms with Crippen LogP contribution in [0, 0.1) is 6.92 Å². The van der Waals surface area contributed by atoms with E-state index in [1.807, 2.05) is 0 Å². The van der Waals surface area contributed by atoms with Crippen LogP contribution in [-0.4, -0.2) is 12.6 Å². The van der Waals surface area contributed by atoms with Gasteiger partial charge in [0.1, 0.15) is 0 Å². The van der Waals surface area contributed by atoms with Gasteiger partial charge in [0.15, 0.2) is 0 Å². The molecule has 1 aliphatic rings. The first-order valence-electron chi connectivity index (χ1n) is 8.14. The highest BCUT2D eigenvalue weighted by Crippen LogP contribution is 2.38. The van der Waals surface area contributed by atoms with Gasteiger partial charge in [-0.25, -0.2) is 0 Å². The molecule has 0 saturated carbocycles. The molecule has 2 atom stereocenters. The average molecular weight is 279 g/mol. The van der Waals surface area contributed by atoms with Gasteiger partial charge in [0.25, 0.3) is 0 Å². The normalized spacial score (nSPS) is 17.9. The topological polar surface area (TPSA) is 12.0 Å². The minimum absolute atomic E-state index is 0.558. The molecular formula is C20H25N. The van der Waals surface area contributed by atoms with Crippen molar-refractivity contribution in [2.75, 3.05) is 6.54 Å². The van der Waals surface area contributed by atoms with Crippen LogP contribution in [0.5, 0.6) is 0 Å². The Morgan fingerprint density at radius 2 is 1.86 bits per heavy atom. The highest BCUT2D eigenvalue weighted by molar-refractivity contribution is 5.41. The van der Waals surface area contributed by atoms with Crippen molar-refractivity contribution >= 4 is 0 Å². The molecule has 2 aromatic rings. The molecule has 0 bridgehead atoms.